The lowest BCUT2D eigenvalue weighted by Crippen LogP contribution is -2.61. The molecule has 1 N–H and O–H groups in total. The minimum atomic E-state index is -4.39. The Hall–Kier alpha value is -1.83. The third-order valence-electron chi connectivity index (χ3n) is 7.67. The third kappa shape index (κ3) is 3.47. The SMILES string of the molecule is O=C(N1CCCN(c2ccc(C(F)(F)F)cn2)CC1)C12CC3CC(CC(O)(C3)C1)C2. The molecule has 5 fully saturated rings. The number of anilines is 1. The number of rotatable bonds is 2. The quantitative estimate of drug-likeness (QED) is 0.792. The Balaban J connectivity index is 1.28. The van der Waals surface area contributed by atoms with E-state index in [9.17, 15) is 23.1 Å². The minimum Gasteiger partial charge on any atom is -0.390 e. The molecule has 164 valence electrons. The molecule has 2 atom stereocenters. The van der Waals surface area contributed by atoms with Crippen molar-refractivity contribution in [2.75, 3.05) is 31.1 Å². The van der Waals surface area contributed by atoms with Gasteiger partial charge in [-0.1, -0.05) is 0 Å². The predicted molar refractivity (Wildman–Crippen MR) is 105 cm³/mol. The predicted octanol–water partition coefficient (Wildman–Crippen LogP) is 3.47. The van der Waals surface area contributed by atoms with E-state index in [1.807, 2.05) is 9.80 Å². The van der Waals surface area contributed by atoms with Crippen molar-refractivity contribution in [1.29, 1.82) is 0 Å². The van der Waals surface area contributed by atoms with Crippen LogP contribution in [0, 0.1) is 17.3 Å². The molecule has 0 aromatic carbocycles. The lowest BCUT2D eigenvalue weighted by atomic mass is 9.47. The van der Waals surface area contributed by atoms with Gasteiger partial charge in [0.1, 0.15) is 5.82 Å². The number of carbonyl (C=O) groups is 1. The van der Waals surface area contributed by atoms with Gasteiger partial charge in [-0.25, -0.2) is 4.98 Å². The molecular formula is C22H28F3N3O2. The van der Waals surface area contributed by atoms with Crippen LogP contribution in [-0.4, -0.2) is 52.7 Å². The lowest BCUT2D eigenvalue weighted by molar-refractivity contribution is -0.185. The van der Waals surface area contributed by atoms with Gasteiger partial charge < -0.3 is 14.9 Å². The summed E-state index contributed by atoms with van der Waals surface area (Å²) in [6.07, 6.45) is 2.43. The second-order valence-electron chi connectivity index (χ2n) is 10.0. The van der Waals surface area contributed by atoms with Crippen LogP contribution in [0.15, 0.2) is 18.3 Å². The first kappa shape index (κ1) is 20.1. The van der Waals surface area contributed by atoms with Gasteiger partial charge in [-0.15, -0.1) is 0 Å². The van der Waals surface area contributed by atoms with Gasteiger partial charge in [0.25, 0.3) is 0 Å². The van der Waals surface area contributed by atoms with Gasteiger partial charge in [-0.05, 0) is 68.9 Å². The van der Waals surface area contributed by atoms with E-state index < -0.39 is 22.8 Å². The molecule has 0 radical (unpaired) electrons. The zero-order valence-electron chi connectivity index (χ0n) is 17.0. The lowest BCUT2D eigenvalue weighted by Gasteiger charge is -2.60. The summed E-state index contributed by atoms with van der Waals surface area (Å²) in [5.41, 5.74) is -1.83. The Morgan fingerprint density at radius 2 is 1.80 bits per heavy atom. The number of nitrogens with zero attached hydrogens (tertiary/aromatic N) is 3. The standard InChI is InChI=1S/C22H28F3N3O2/c23-22(24,25)17-2-3-18(26-13-17)27-4-1-5-28(7-6-27)19(29)20-9-15-8-16(10-20)12-21(30,11-15)14-20/h2-3,13,15-16,30H,1,4-12,14H2. The summed E-state index contributed by atoms with van der Waals surface area (Å²) in [5, 5.41) is 11.0. The summed E-state index contributed by atoms with van der Waals surface area (Å²) >= 11 is 0. The van der Waals surface area contributed by atoms with Crippen LogP contribution in [0.5, 0.6) is 0 Å². The zero-order valence-corrected chi connectivity index (χ0v) is 17.0. The number of carbonyl (C=O) groups excluding carboxylic acids is 1. The van der Waals surface area contributed by atoms with Crippen molar-refractivity contribution in [1.82, 2.24) is 9.88 Å². The largest absolute Gasteiger partial charge is 0.417 e. The molecule has 0 spiro atoms. The minimum absolute atomic E-state index is 0.178. The Bertz CT molecular complexity index is 812. The maximum absolute atomic E-state index is 13.6. The first-order valence-electron chi connectivity index (χ1n) is 11.0. The topological polar surface area (TPSA) is 56.7 Å². The first-order valence-corrected chi connectivity index (χ1v) is 11.0. The van der Waals surface area contributed by atoms with E-state index in [0.29, 0.717) is 50.3 Å². The number of aliphatic hydroxyl groups is 1. The van der Waals surface area contributed by atoms with E-state index in [4.69, 9.17) is 0 Å². The van der Waals surface area contributed by atoms with Gasteiger partial charge in [0.05, 0.1) is 16.6 Å². The summed E-state index contributed by atoms with van der Waals surface area (Å²) in [6.45, 7) is 2.39. The van der Waals surface area contributed by atoms with Crippen LogP contribution < -0.4 is 4.90 Å². The molecular weight excluding hydrogens is 395 g/mol. The van der Waals surface area contributed by atoms with E-state index in [0.717, 1.165) is 50.8 Å². The maximum atomic E-state index is 13.6. The summed E-state index contributed by atoms with van der Waals surface area (Å²) < 4.78 is 38.4. The fourth-order valence-corrected chi connectivity index (χ4v) is 6.89. The molecule has 4 bridgehead atoms. The van der Waals surface area contributed by atoms with Gasteiger partial charge in [-0.2, -0.15) is 13.2 Å². The maximum Gasteiger partial charge on any atom is 0.417 e. The monoisotopic (exact) mass is 423 g/mol. The van der Waals surface area contributed by atoms with Crippen molar-refractivity contribution in [3.8, 4) is 0 Å². The Morgan fingerprint density at radius 3 is 2.40 bits per heavy atom. The summed E-state index contributed by atoms with van der Waals surface area (Å²) in [5.74, 6) is 1.61. The number of alkyl halides is 3. The second kappa shape index (κ2) is 6.84. The van der Waals surface area contributed by atoms with E-state index in [1.54, 1.807) is 0 Å². The van der Waals surface area contributed by atoms with Crippen LogP contribution in [-0.2, 0) is 11.0 Å². The number of hydrogen-bond acceptors (Lipinski definition) is 4. The summed E-state index contributed by atoms with van der Waals surface area (Å²) in [4.78, 5) is 21.5. The number of hydrogen-bond donors (Lipinski definition) is 1. The highest BCUT2D eigenvalue weighted by atomic mass is 19.4. The molecule has 4 saturated carbocycles. The van der Waals surface area contributed by atoms with Crippen LogP contribution >= 0.6 is 0 Å². The second-order valence-corrected chi connectivity index (χ2v) is 10.0. The van der Waals surface area contributed by atoms with Crippen molar-refractivity contribution >= 4 is 11.7 Å². The Labute approximate surface area is 174 Å². The fraction of sp³-hybridized carbons (Fsp3) is 0.727. The zero-order chi connectivity index (χ0) is 21.1. The molecule has 5 aliphatic rings. The molecule has 6 rings (SSSR count). The molecule has 1 amide bonds. The number of halogens is 3. The average Bonchev–Trinajstić information content (AvgIpc) is 2.91. The van der Waals surface area contributed by atoms with Crippen molar-refractivity contribution < 1.29 is 23.1 Å². The van der Waals surface area contributed by atoms with Gasteiger partial charge in [0.2, 0.25) is 5.91 Å². The van der Waals surface area contributed by atoms with Crippen LogP contribution in [0.25, 0.3) is 0 Å². The van der Waals surface area contributed by atoms with Crippen LogP contribution in [0.2, 0.25) is 0 Å². The highest BCUT2D eigenvalue weighted by Gasteiger charge is 2.60. The van der Waals surface area contributed by atoms with Crippen molar-refractivity contribution in [2.45, 2.75) is 56.7 Å². The molecule has 8 heteroatoms. The number of aromatic nitrogens is 1. The van der Waals surface area contributed by atoms with Crippen molar-refractivity contribution in [3.63, 3.8) is 0 Å². The highest BCUT2D eigenvalue weighted by molar-refractivity contribution is 5.83. The molecule has 1 saturated heterocycles. The highest BCUT2D eigenvalue weighted by Crippen LogP contribution is 2.62. The third-order valence-corrected chi connectivity index (χ3v) is 7.67. The Kier molecular flexibility index (Phi) is 4.58. The normalized spacial score (nSPS) is 36.1. The number of amides is 1. The average molecular weight is 423 g/mol. The van der Waals surface area contributed by atoms with Gasteiger partial charge in [-0.3, -0.25) is 4.79 Å². The van der Waals surface area contributed by atoms with Crippen LogP contribution in [0.4, 0.5) is 19.0 Å². The van der Waals surface area contributed by atoms with E-state index in [-0.39, 0.29) is 5.91 Å². The molecule has 1 aromatic rings. The van der Waals surface area contributed by atoms with Crippen molar-refractivity contribution in [3.05, 3.63) is 23.9 Å². The van der Waals surface area contributed by atoms with E-state index >= 15 is 0 Å². The van der Waals surface area contributed by atoms with Gasteiger partial charge in [0, 0.05) is 32.4 Å². The summed E-state index contributed by atoms with van der Waals surface area (Å²) in [6, 6.07) is 2.47. The van der Waals surface area contributed by atoms with Gasteiger partial charge in [0.15, 0.2) is 0 Å². The Morgan fingerprint density at radius 1 is 1.07 bits per heavy atom. The smallest absolute Gasteiger partial charge is 0.390 e. The molecule has 1 aliphatic heterocycles. The van der Waals surface area contributed by atoms with Crippen LogP contribution in [0.1, 0.15) is 50.5 Å². The number of pyridine rings is 1. The van der Waals surface area contributed by atoms with E-state index in [2.05, 4.69) is 4.98 Å². The fourth-order valence-electron chi connectivity index (χ4n) is 6.89. The molecule has 5 nitrogen and oxygen atoms in total. The molecule has 4 aliphatic carbocycles. The van der Waals surface area contributed by atoms with Crippen molar-refractivity contribution in [2.24, 2.45) is 17.3 Å². The van der Waals surface area contributed by atoms with Gasteiger partial charge >= 0.3 is 6.18 Å². The van der Waals surface area contributed by atoms with E-state index in [1.165, 1.54) is 6.07 Å². The molecule has 2 unspecified atom stereocenters. The summed E-state index contributed by atoms with van der Waals surface area (Å²) in [7, 11) is 0. The molecule has 30 heavy (non-hydrogen) atoms. The van der Waals surface area contributed by atoms with Crippen LogP contribution in [0.3, 0.4) is 0 Å². The first-order chi connectivity index (χ1) is 14.2. The molecule has 1 aromatic heterocycles. The molecule has 2 heterocycles.